The van der Waals surface area contributed by atoms with Crippen LogP contribution in [0.4, 0.5) is 5.13 Å². The third kappa shape index (κ3) is 4.79. The second-order valence-corrected chi connectivity index (χ2v) is 10.3. The first-order valence-electron chi connectivity index (χ1n) is 10.4. The molecule has 0 saturated carbocycles. The Morgan fingerprint density at radius 2 is 1.91 bits per heavy atom. The molecule has 0 saturated heterocycles. The highest BCUT2D eigenvalue weighted by Crippen LogP contribution is 2.37. The summed E-state index contributed by atoms with van der Waals surface area (Å²) in [7, 11) is 1.64. The van der Waals surface area contributed by atoms with Crippen molar-refractivity contribution in [1.82, 2.24) is 9.97 Å². The van der Waals surface area contributed by atoms with E-state index in [0.29, 0.717) is 28.2 Å². The van der Waals surface area contributed by atoms with Gasteiger partial charge in [-0.15, -0.1) is 11.8 Å². The molecule has 164 valence electrons. The molecule has 2 heterocycles. The first-order valence-corrected chi connectivity index (χ1v) is 12.1. The number of carbonyl (C=O) groups excluding carboxylic acids is 1. The number of thiazole rings is 1. The number of aromatic nitrogens is 2. The number of rotatable bonds is 7. The lowest BCUT2D eigenvalue weighted by molar-refractivity contribution is 0.0984. The van der Waals surface area contributed by atoms with Crippen molar-refractivity contribution in [2.45, 2.75) is 37.5 Å². The lowest BCUT2D eigenvalue weighted by atomic mass is 10.2. The number of fused-ring (bicyclic) bond motifs is 1. The fourth-order valence-corrected chi connectivity index (χ4v) is 5.25. The normalized spacial score (nSPS) is 11.2. The molecule has 1 amide bonds. The summed E-state index contributed by atoms with van der Waals surface area (Å²) in [5.41, 5.74) is 3.30. The van der Waals surface area contributed by atoms with Gasteiger partial charge in [-0.25, -0.2) is 4.98 Å². The summed E-state index contributed by atoms with van der Waals surface area (Å²) < 4.78 is 6.53. The summed E-state index contributed by atoms with van der Waals surface area (Å²) in [5, 5.41) is 1.11. The molecule has 0 fully saturated rings. The van der Waals surface area contributed by atoms with Gasteiger partial charge in [-0.2, -0.15) is 0 Å². The Hall–Kier alpha value is -2.90. The van der Waals surface area contributed by atoms with E-state index in [2.05, 4.69) is 18.8 Å². The summed E-state index contributed by atoms with van der Waals surface area (Å²) in [4.78, 5) is 25.7. The number of methoxy groups -OCH3 is 1. The average molecular weight is 464 g/mol. The summed E-state index contributed by atoms with van der Waals surface area (Å²) in [6.45, 7) is 6.69. The van der Waals surface area contributed by atoms with E-state index >= 15 is 0 Å². The fourth-order valence-electron chi connectivity index (χ4n) is 3.36. The maximum atomic E-state index is 13.6. The number of thioether (sulfide) groups is 1. The summed E-state index contributed by atoms with van der Waals surface area (Å²) in [5.74, 6) is 0.598. The Bertz CT molecular complexity index is 1220. The standard InChI is InChI=1S/C25H25N3O2S2/c1-16(2)31-20-11-9-18(10-12-20)24(29)28(15-19-7-5-6-14-26-19)25-27-22-21(30-4)13-8-17(3)23(22)32-25/h5-14,16H,15H2,1-4H3. The van der Waals surface area contributed by atoms with E-state index in [9.17, 15) is 4.79 Å². The first kappa shape index (κ1) is 22.3. The van der Waals surface area contributed by atoms with Crippen LogP contribution in [-0.4, -0.2) is 28.2 Å². The number of nitrogens with zero attached hydrogens (tertiary/aromatic N) is 3. The number of anilines is 1. The molecule has 5 nitrogen and oxygen atoms in total. The van der Waals surface area contributed by atoms with E-state index in [-0.39, 0.29) is 5.91 Å². The largest absolute Gasteiger partial charge is 0.494 e. The van der Waals surface area contributed by atoms with Crippen LogP contribution >= 0.6 is 23.1 Å². The van der Waals surface area contributed by atoms with Crippen molar-refractivity contribution in [2.75, 3.05) is 12.0 Å². The summed E-state index contributed by atoms with van der Waals surface area (Å²) in [6, 6.07) is 17.4. The van der Waals surface area contributed by atoms with Crippen molar-refractivity contribution in [3.63, 3.8) is 0 Å². The zero-order chi connectivity index (χ0) is 22.7. The van der Waals surface area contributed by atoms with Crippen LogP contribution in [0.15, 0.2) is 65.7 Å². The van der Waals surface area contributed by atoms with Gasteiger partial charge < -0.3 is 4.74 Å². The van der Waals surface area contributed by atoms with E-state index in [1.165, 1.54) is 11.3 Å². The fraction of sp³-hybridized carbons (Fsp3) is 0.240. The quantitative estimate of drug-likeness (QED) is 0.299. The minimum atomic E-state index is -0.104. The number of carbonyl (C=O) groups is 1. The maximum Gasteiger partial charge on any atom is 0.260 e. The molecule has 7 heteroatoms. The lowest BCUT2D eigenvalue weighted by Crippen LogP contribution is -2.30. The Morgan fingerprint density at radius 3 is 2.56 bits per heavy atom. The Kier molecular flexibility index (Phi) is 6.77. The van der Waals surface area contributed by atoms with Gasteiger partial charge in [0.05, 0.1) is 24.0 Å². The van der Waals surface area contributed by atoms with Crippen molar-refractivity contribution >= 4 is 44.4 Å². The molecule has 2 aromatic heterocycles. The lowest BCUT2D eigenvalue weighted by Gasteiger charge is -2.20. The van der Waals surface area contributed by atoms with E-state index < -0.39 is 0 Å². The topological polar surface area (TPSA) is 55.3 Å². The van der Waals surface area contributed by atoms with Gasteiger partial charge in [0.25, 0.3) is 5.91 Å². The molecule has 4 aromatic rings. The highest BCUT2D eigenvalue weighted by atomic mass is 32.2. The van der Waals surface area contributed by atoms with Crippen LogP contribution in [0, 0.1) is 6.92 Å². The van der Waals surface area contributed by atoms with Gasteiger partial charge in [0.2, 0.25) is 0 Å². The third-order valence-corrected chi connectivity index (χ3v) is 7.14. The Labute approximate surface area is 196 Å². The number of benzene rings is 2. The highest BCUT2D eigenvalue weighted by Gasteiger charge is 2.23. The summed E-state index contributed by atoms with van der Waals surface area (Å²) >= 11 is 3.27. The SMILES string of the molecule is COc1ccc(C)c2sc(N(Cc3ccccn3)C(=O)c3ccc(SC(C)C)cc3)nc12. The molecule has 0 aliphatic carbocycles. The second-order valence-electron chi connectivity index (χ2n) is 7.66. The van der Waals surface area contributed by atoms with Crippen LogP contribution in [0.3, 0.4) is 0 Å². The predicted octanol–water partition coefficient (Wildman–Crippen LogP) is 6.36. The zero-order valence-electron chi connectivity index (χ0n) is 18.5. The number of ether oxygens (including phenoxy) is 1. The first-order chi connectivity index (χ1) is 15.5. The van der Waals surface area contributed by atoms with Crippen LogP contribution in [0.25, 0.3) is 10.2 Å². The van der Waals surface area contributed by atoms with E-state index in [1.54, 1.807) is 30.0 Å². The number of pyridine rings is 1. The molecule has 0 bridgehead atoms. The monoisotopic (exact) mass is 463 g/mol. The van der Waals surface area contributed by atoms with Gasteiger partial charge in [0.1, 0.15) is 11.3 Å². The van der Waals surface area contributed by atoms with E-state index in [4.69, 9.17) is 9.72 Å². The van der Waals surface area contributed by atoms with Crippen LogP contribution in [-0.2, 0) is 6.54 Å². The predicted molar refractivity (Wildman–Crippen MR) is 133 cm³/mol. The molecule has 0 N–H and O–H groups in total. The van der Waals surface area contributed by atoms with Gasteiger partial charge in [-0.1, -0.05) is 37.3 Å². The number of hydrogen-bond donors (Lipinski definition) is 0. The van der Waals surface area contributed by atoms with Crippen molar-refractivity contribution in [1.29, 1.82) is 0 Å². The third-order valence-electron chi connectivity index (χ3n) is 4.91. The summed E-state index contributed by atoms with van der Waals surface area (Å²) in [6.07, 6.45) is 1.74. The molecule has 2 aromatic carbocycles. The molecular formula is C25H25N3O2S2. The second kappa shape index (κ2) is 9.71. The average Bonchev–Trinajstić information content (AvgIpc) is 3.24. The maximum absolute atomic E-state index is 13.6. The van der Waals surface area contributed by atoms with Gasteiger partial charge >= 0.3 is 0 Å². The zero-order valence-corrected chi connectivity index (χ0v) is 20.2. The van der Waals surface area contributed by atoms with E-state index in [1.807, 2.05) is 61.5 Å². The molecular weight excluding hydrogens is 438 g/mol. The smallest absolute Gasteiger partial charge is 0.260 e. The van der Waals surface area contributed by atoms with Gasteiger partial charge in [-0.3, -0.25) is 14.7 Å². The Balaban J connectivity index is 1.74. The molecule has 0 aliphatic rings. The van der Waals surface area contributed by atoms with Crippen LogP contribution in [0.2, 0.25) is 0 Å². The minimum Gasteiger partial charge on any atom is -0.494 e. The van der Waals surface area contributed by atoms with Gasteiger partial charge in [0, 0.05) is 21.9 Å². The molecule has 0 radical (unpaired) electrons. The van der Waals surface area contributed by atoms with Crippen LogP contribution in [0.5, 0.6) is 5.75 Å². The van der Waals surface area contributed by atoms with Gasteiger partial charge in [-0.05, 0) is 55.0 Å². The van der Waals surface area contributed by atoms with E-state index in [0.717, 1.165) is 26.4 Å². The minimum absolute atomic E-state index is 0.104. The molecule has 4 rings (SSSR count). The highest BCUT2D eigenvalue weighted by molar-refractivity contribution is 7.99. The van der Waals surface area contributed by atoms with Crippen LogP contribution < -0.4 is 9.64 Å². The van der Waals surface area contributed by atoms with Gasteiger partial charge in [0.15, 0.2) is 5.13 Å². The van der Waals surface area contributed by atoms with Crippen LogP contribution in [0.1, 0.15) is 35.5 Å². The molecule has 0 aliphatic heterocycles. The molecule has 0 atom stereocenters. The van der Waals surface area contributed by atoms with Crippen molar-refractivity contribution < 1.29 is 9.53 Å². The molecule has 32 heavy (non-hydrogen) atoms. The van der Waals surface area contributed by atoms with Crippen molar-refractivity contribution in [2.24, 2.45) is 0 Å². The number of amides is 1. The Morgan fingerprint density at radius 1 is 1.12 bits per heavy atom. The number of hydrogen-bond acceptors (Lipinski definition) is 6. The number of aryl methyl sites for hydroxylation is 1. The molecule has 0 unspecified atom stereocenters. The van der Waals surface area contributed by atoms with Crippen molar-refractivity contribution in [3.05, 3.63) is 77.6 Å². The molecule has 0 spiro atoms. The van der Waals surface area contributed by atoms with Crippen molar-refractivity contribution in [3.8, 4) is 5.75 Å².